The maximum absolute atomic E-state index is 13.3. The zero-order valence-corrected chi connectivity index (χ0v) is 18.5. The summed E-state index contributed by atoms with van der Waals surface area (Å²) in [6, 6.07) is 14.5. The molecule has 1 unspecified atom stereocenters. The molecule has 1 atom stereocenters. The first-order chi connectivity index (χ1) is 14.7. The number of nitrogens with one attached hydrogen (secondary N) is 1. The smallest absolute Gasteiger partial charge is 0.243 e. The van der Waals surface area contributed by atoms with Crippen LogP contribution in [-0.2, 0) is 14.8 Å². The van der Waals surface area contributed by atoms with Gasteiger partial charge in [0.2, 0.25) is 15.9 Å². The lowest BCUT2D eigenvalue weighted by atomic mass is 10.1. The van der Waals surface area contributed by atoms with Gasteiger partial charge in [0.25, 0.3) is 0 Å². The summed E-state index contributed by atoms with van der Waals surface area (Å²) in [6.45, 7) is 0.991. The van der Waals surface area contributed by atoms with Gasteiger partial charge in [-0.2, -0.15) is 4.31 Å². The third-order valence-electron chi connectivity index (χ3n) is 4.67. The first-order valence-electron chi connectivity index (χ1n) is 9.34. The molecular formula is C22H21FN2O4S2. The number of thiophene rings is 1. The number of Topliss-reactive ketones (excluding diaryl/α,β-unsaturated/α-hetero) is 1. The van der Waals surface area contributed by atoms with E-state index in [9.17, 15) is 22.4 Å². The molecule has 0 radical (unpaired) electrons. The lowest BCUT2D eigenvalue weighted by Gasteiger charge is -2.21. The third-order valence-corrected chi connectivity index (χ3v) is 7.43. The van der Waals surface area contributed by atoms with Crippen molar-refractivity contribution in [1.29, 1.82) is 0 Å². The Bertz CT molecular complexity index is 1160. The van der Waals surface area contributed by atoms with Crippen molar-refractivity contribution in [3.05, 3.63) is 87.9 Å². The molecule has 1 N–H and O–H groups in total. The maximum atomic E-state index is 13.3. The monoisotopic (exact) mass is 460 g/mol. The lowest BCUT2D eigenvalue weighted by Crippen LogP contribution is -2.40. The van der Waals surface area contributed by atoms with Gasteiger partial charge in [0.15, 0.2) is 5.78 Å². The van der Waals surface area contributed by atoms with Crippen LogP contribution in [0.3, 0.4) is 0 Å². The lowest BCUT2D eigenvalue weighted by molar-refractivity contribution is -0.121. The SMILES string of the molecule is CC(=O)c1ccc(S(=O)(=O)N(C)CC(=O)NC(c2ccc(F)cc2)c2cccs2)cc1. The van der Waals surface area contributed by atoms with E-state index in [2.05, 4.69) is 5.32 Å². The molecule has 162 valence electrons. The van der Waals surface area contributed by atoms with Gasteiger partial charge in [-0.1, -0.05) is 30.3 Å². The summed E-state index contributed by atoms with van der Waals surface area (Å²) in [5, 5.41) is 4.69. The van der Waals surface area contributed by atoms with Crippen LogP contribution in [0.1, 0.15) is 33.8 Å². The van der Waals surface area contributed by atoms with Crippen molar-refractivity contribution in [3.63, 3.8) is 0 Å². The molecule has 6 nitrogen and oxygen atoms in total. The van der Waals surface area contributed by atoms with E-state index in [1.165, 1.54) is 61.7 Å². The molecule has 0 aliphatic carbocycles. The summed E-state index contributed by atoms with van der Waals surface area (Å²) in [5.74, 6) is -1.06. The Hall–Kier alpha value is -2.88. The second-order valence-electron chi connectivity index (χ2n) is 6.91. The zero-order valence-electron chi connectivity index (χ0n) is 16.9. The van der Waals surface area contributed by atoms with E-state index in [0.717, 1.165) is 9.18 Å². The number of hydrogen-bond acceptors (Lipinski definition) is 5. The second-order valence-corrected chi connectivity index (χ2v) is 9.93. The number of halogens is 1. The molecule has 2 aromatic carbocycles. The number of carbonyl (C=O) groups is 2. The number of sulfonamides is 1. The van der Waals surface area contributed by atoms with Gasteiger partial charge >= 0.3 is 0 Å². The number of rotatable bonds is 8. The molecule has 9 heteroatoms. The average Bonchev–Trinajstić information content (AvgIpc) is 3.27. The predicted octanol–water partition coefficient (Wildman–Crippen LogP) is 3.62. The zero-order chi connectivity index (χ0) is 22.6. The summed E-state index contributed by atoms with van der Waals surface area (Å²) < 4.78 is 39.8. The fraction of sp³-hybridized carbons (Fsp3) is 0.182. The molecule has 0 fully saturated rings. The molecule has 0 saturated carbocycles. The average molecular weight is 461 g/mol. The largest absolute Gasteiger partial charge is 0.343 e. The topological polar surface area (TPSA) is 83.6 Å². The van der Waals surface area contributed by atoms with Crippen molar-refractivity contribution in [2.24, 2.45) is 0 Å². The van der Waals surface area contributed by atoms with Crippen molar-refractivity contribution < 1.29 is 22.4 Å². The van der Waals surface area contributed by atoms with Gasteiger partial charge in [0.05, 0.1) is 17.5 Å². The quantitative estimate of drug-likeness (QED) is 0.521. The van der Waals surface area contributed by atoms with Crippen LogP contribution in [0.25, 0.3) is 0 Å². The fourth-order valence-corrected chi connectivity index (χ4v) is 4.89. The van der Waals surface area contributed by atoms with Crippen LogP contribution in [0.15, 0.2) is 70.9 Å². The van der Waals surface area contributed by atoms with Gasteiger partial charge in [-0.3, -0.25) is 9.59 Å². The molecule has 1 heterocycles. The predicted molar refractivity (Wildman–Crippen MR) is 117 cm³/mol. The highest BCUT2D eigenvalue weighted by Crippen LogP contribution is 2.26. The van der Waals surface area contributed by atoms with Crippen LogP contribution >= 0.6 is 11.3 Å². The van der Waals surface area contributed by atoms with Crippen LogP contribution in [-0.4, -0.2) is 38.0 Å². The molecule has 1 aromatic heterocycles. The molecule has 0 bridgehead atoms. The summed E-state index contributed by atoms with van der Waals surface area (Å²) in [4.78, 5) is 24.9. The van der Waals surface area contributed by atoms with Gasteiger partial charge in [0.1, 0.15) is 5.82 Å². The number of likely N-dealkylation sites (N-methyl/N-ethyl adjacent to an activating group) is 1. The van der Waals surface area contributed by atoms with Crippen LogP contribution in [0.5, 0.6) is 0 Å². The molecule has 1 amide bonds. The van der Waals surface area contributed by atoms with E-state index in [-0.39, 0.29) is 16.5 Å². The molecule has 3 aromatic rings. The van der Waals surface area contributed by atoms with Gasteiger partial charge in [-0.15, -0.1) is 11.3 Å². The molecular weight excluding hydrogens is 439 g/mol. The summed E-state index contributed by atoms with van der Waals surface area (Å²) in [7, 11) is -2.61. The Morgan fingerprint density at radius 2 is 1.71 bits per heavy atom. The number of benzene rings is 2. The van der Waals surface area contributed by atoms with Gasteiger partial charge in [-0.25, -0.2) is 12.8 Å². The standard InChI is InChI=1S/C22H21FN2O4S2/c1-15(26)16-7-11-19(12-8-16)31(28,29)25(2)14-21(27)24-22(20-4-3-13-30-20)17-5-9-18(23)10-6-17/h3-13,22H,14H2,1-2H3,(H,24,27). The number of nitrogens with zero attached hydrogens (tertiary/aromatic N) is 1. The Balaban J connectivity index is 1.75. The number of hydrogen-bond donors (Lipinski definition) is 1. The Morgan fingerprint density at radius 1 is 1.06 bits per heavy atom. The van der Waals surface area contributed by atoms with Crippen molar-refractivity contribution in [1.82, 2.24) is 9.62 Å². The maximum Gasteiger partial charge on any atom is 0.243 e. The van der Waals surface area contributed by atoms with Crippen molar-refractivity contribution >= 4 is 33.1 Å². The van der Waals surface area contributed by atoms with E-state index in [1.807, 2.05) is 17.5 Å². The number of carbonyl (C=O) groups excluding carboxylic acids is 2. The molecule has 3 rings (SSSR count). The van der Waals surface area contributed by atoms with E-state index in [1.54, 1.807) is 12.1 Å². The van der Waals surface area contributed by atoms with Crippen molar-refractivity contribution in [3.8, 4) is 0 Å². The first kappa shape index (κ1) is 22.8. The second kappa shape index (κ2) is 9.51. The Morgan fingerprint density at radius 3 is 2.26 bits per heavy atom. The fourth-order valence-electron chi connectivity index (χ4n) is 2.96. The highest BCUT2D eigenvalue weighted by Gasteiger charge is 2.25. The van der Waals surface area contributed by atoms with Gasteiger partial charge in [-0.05, 0) is 48.2 Å². The molecule has 0 spiro atoms. The van der Waals surface area contributed by atoms with E-state index in [4.69, 9.17) is 0 Å². The highest BCUT2D eigenvalue weighted by atomic mass is 32.2. The minimum Gasteiger partial charge on any atom is -0.343 e. The molecule has 0 aliphatic rings. The summed E-state index contributed by atoms with van der Waals surface area (Å²) >= 11 is 1.43. The summed E-state index contributed by atoms with van der Waals surface area (Å²) in [6.07, 6.45) is 0. The molecule has 0 aliphatic heterocycles. The van der Waals surface area contributed by atoms with Gasteiger partial charge < -0.3 is 5.32 Å². The van der Waals surface area contributed by atoms with Crippen LogP contribution in [0, 0.1) is 5.82 Å². The van der Waals surface area contributed by atoms with E-state index in [0.29, 0.717) is 11.1 Å². The normalized spacial score (nSPS) is 12.5. The third kappa shape index (κ3) is 5.43. The van der Waals surface area contributed by atoms with E-state index < -0.39 is 28.5 Å². The number of ketones is 1. The van der Waals surface area contributed by atoms with E-state index >= 15 is 0 Å². The molecule has 0 saturated heterocycles. The van der Waals surface area contributed by atoms with Crippen molar-refractivity contribution in [2.75, 3.05) is 13.6 Å². The molecule has 31 heavy (non-hydrogen) atoms. The van der Waals surface area contributed by atoms with Crippen LogP contribution < -0.4 is 5.32 Å². The van der Waals surface area contributed by atoms with Crippen LogP contribution in [0.4, 0.5) is 4.39 Å². The minimum absolute atomic E-state index is 0.0128. The Kier molecular flexibility index (Phi) is 6.99. The summed E-state index contributed by atoms with van der Waals surface area (Å²) in [5.41, 5.74) is 1.08. The number of amides is 1. The Labute approximate surface area is 184 Å². The highest BCUT2D eigenvalue weighted by molar-refractivity contribution is 7.89. The van der Waals surface area contributed by atoms with Gasteiger partial charge in [0, 0.05) is 17.5 Å². The van der Waals surface area contributed by atoms with Crippen LogP contribution in [0.2, 0.25) is 0 Å². The minimum atomic E-state index is -3.92. The first-order valence-corrected chi connectivity index (χ1v) is 11.7. The van der Waals surface area contributed by atoms with Crippen molar-refractivity contribution in [2.45, 2.75) is 17.9 Å².